The van der Waals surface area contributed by atoms with E-state index in [0.29, 0.717) is 5.56 Å². The molecule has 2 amide bonds. The van der Waals surface area contributed by atoms with Gasteiger partial charge in [0, 0.05) is 25.4 Å². The SMILES string of the molecule is Cn1cc(CNC(=O)N(CC(=O)O)CC(F)(F)F)cn1. The summed E-state index contributed by atoms with van der Waals surface area (Å²) < 4.78 is 38.2. The zero-order valence-corrected chi connectivity index (χ0v) is 10.5. The van der Waals surface area contributed by atoms with Gasteiger partial charge in [-0.3, -0.25) is 9.48 Å². The third kappa shape index (κ3) is 5.59. The Morgan fingerprint density at radius 1 is 1.50 bits per heavy atom. The Balaban J connectivity index is 2.60. The van der Waals surface area contributed by atoms with Crippen molar-refractivity contribution in [1.82, 2.24) is 20.0 Å². The highest BCUT2D eigenvalue weighted by Crippen LogP contribution is 2.16. The molecule has 0 aromatic carbocycles. The van der Waals surface area contributed by atoms with Gasteiger partial charge in [0.25, 0.3) is 0 Å². The van der Waals surface area contributed by atoms with Crippen LogP contribution in [-0.4, -0.2) is 51.1 Å². The number of aromatic nitrogens is 2. The van der Waals surface area contributed by atoms with E-state index in [0.717, 1.165) is 0 Å². The van der Waals surface area contributed by atoms with Crippen molar-refractivity contribution in [3.05, 3.63) is 18.0 Å². The van der Waals surface area contributed by atoms with Crippen LogP contribution < -0.4 is 5.32 Å². The molecule has 20 heavy (non-hydrogen) atoms. The highest BCUT2D eigenvalue weighted by atomic mass is 19.4. The van der Waals surface area contributed by atoms with E-state index in [1.54, 1.807) is 13.2 Å². The van der Waals surface area contributed by atoms with Crippen LogP contribution in [0.1, 0.15) is 5.56 Å². The molecule has 10 heteroatoms. The molecular weight excluding hydrogens is 281 g/mol. The summed E-state index contributed by atoms with van der Waals surface area (Å²) in [5.41, 5.74) is 0.586. The number of nitrogens with one attached hydrogen (secondary N) is 1. The number of carbonyl (C=O) groups excluding carboxylic acids is 1. The van der Waals surface area contributed by atoms with Gasteiger partial charge in [-0.25, -0.2) is 4.79 Å². The lowest BCUT2D eigenvalue weighted by atomic mass is 10.3. The molecule has 1 heterocycles. The van der Waals surface area contributed by atoms with Crippen molar-refractivity contribution in [3.63, 3.8) is 0 Å². The maximum Gasteiger partial charge on any atom is 0.406 e. The number of alkyl halides is 3. The van der Waals surface area contributed by atoms with Gasteiger partial charge in [0.05, 0.1) is 6.20 Å². The van der Waals surface area contributed by atoms with Gasteiger partial charge in [0.15, 0.2) is 0 Å². The second-order valence-electron chi connectivity index (χ2n) is 4.05. The lowest BCUT2D eigenvalue weighted by Gasteiger charge is -2.22. The van der Waals surface area contributed by atoms with Crippen LogP contribution in [-0.2, 0) is 18.4 Å². The predicted octanol–water partition coefficient (Wildman–Crippen LogP) is 0.579. The summed E-state index contributed by atoms with van der Waals surface area (Å²) in [6, 6.07) is -1.10. The number of carboxylic acid groups (broad SMARTS) is 1. The van der Waals surface area contributed by atoms with Crippen LogP contribution >= 0.6 is 0 Å². The predicted molar refractivity (Wildman–Crippen MR) is 60.7 cm³/mol. The van der Waals surface area contributed by atoms with E-state index in [-0.39, 0.29) is 11.4 Å². The average Bonchev–Trinajstić information content (AvgIpc) is 2.68. The van der Waals surface area contributed by atoms with E-state index in [4.69, 9.17) is 5.11 Å². The van der Waals surface area contributed by atoms with Crippen molar-refractivity contribution in [2.24, 2.45) is 7.05 Å². The topological polar surface area (TPSA) is 87.5 Å². The van der Waals surface area contributed by atoms with Crippen molar-refractivity contribution < 1.29 is 27.9 Å². The molecule has 1 aromatic rings. The number of amides is 2. The number of hydrogen-bond donors (Lipinski definition) is 2. The Labute approximate surface area is 112 Å². The van der Waals surface area contributed by atoms with Crippen LogP contribution in [0.4, 0.5) is 18.0 Å². The van der Waals surface area contributed by atoms with Crippen molar-refractivity contribution in [1.29, 1.82) is 0 Å². The first-order valence-corrected chi connectivity index (χ1v) is 5.46. The molecule has 0 radical (unpaired) electrons. The Kier molecular flexibility index (Phi) is 4.94. The summed E-state index contributed by atoms with van der Waals surface area (Å²) in [7, 11) is 1.64. The van der Waals surface area contributed by atoms with Gasteiger partial charge in [-0.15, -0.1) is 0 Å². The van der Waals surface area contributed by atoms with Crippen LogP contribution in [0.2, 0.25) is 0 Å². The molecule has 0 aliphatic carbocycles. The minimum absolute atomic E-state index is 0.0410. The molecule has 0 saturated heterocycles. The number of nitrogens with zero attached hydrogens (tertiary/aromatic N) is 3. The van der Waals surface area contributed by atoms with Crippen LogP contribution in [0.15, 0.2) is 12.4 Å². The Bertz CT molecular complexity index is 486. The normalized spacial score (nSPS) is 11.2. The van der Waals surface area contributed by atoms with E-state index >= 15 is 0 Å². The van der Waals surface area contributed by atoms with Gasteiger partial charge in [-0.05, 0) is 0 Å². The zero-order chi connectivity index (χ0) is 15.3. The Morgan fingerprint density at radius 3 is 2.60 bits per heavy atom. The zero-order valence-electron chi connectivity index (χ0n) is 10.5. The first kappa shape index (κ1) is 15.8. The van der Waals surface area contributed by atoms with Crippen molar-refractivity contribution in [2.75, 3.05) is 13.1 Å². The molecule has 0 aliphatic rings. The van der Waals surface area contributed by atoms with Crippen molar-refractivity contribution >= 4 is 12.0 Å². The summed E-state index contributed by atoms with van der Waals surface area (Å²) in [5.74, 6) is -1.52. The Morgan fingerprint density at radius 2 is 2.15 bits per heavy atom. The summed E-state index contributed by atoms with van der Waals surface area (Å²) >= 11 is 0. The highest BCUT2D eigenvalue weighted by Gasteiger charge is 2.33. The molecule has 0 unspecified atom stereocenters. The van der Waals surface area contributed by atoms with Gasteiger partial charge < -0.3 is 15.3 Å². The van der Waals surface area contributed by atoms with Crippen LogP contribution in [0.5, 0.6) is 0 Å². The molecule has 0 spiro atoms. The lowest BCUT2D eigenvalue weighted by Crippen LogP contribution is -2.46. The molecule has 1 rings (SSSR count). The maximum absolute atomic E-state index is 12.3. The van der Waals surface area contributed by atoms with E-state index < -0.39 is 31.3 Å². The number of hydrogen-bond acceptors (Lipinski definition) is 3. The third-order valence-electron chi connectivity index (χ3n) is 2.19. The summed E-state index contributed by atoms with van der Waals surface area (Å²) in [6.45, 7) is -2.70. The number of aliphatic carboxylic acids is 1. The third-order valence-corrected chi connectivity index (χ3v) is 2.19. The highest BCUT2D eigenvalue weighted by molar-refractivity contribution is 5.80. The van der Waals surface area contributed by atoms with Gasteiger partial charge in [-0.2, -0.15) is 18.3 Å². The maximum atomic E-state index is 12.3. The number of carboxylic acids is 1. The summed E-state index contributed by atoms with van der Waals surface area (Å²) in [6.07, 6.45) is -1.65. The molecule has 2 N–H and O–H groups in total. The van der Waals surface area contributed by atoms with Crippen molar-refractivity contribution in [3.8, 4) is 0 Å². The van der Waals surface area contributed by atoms with E-state index in [2.05, 4.69) is 10.4 Å². The summed E-state index contributed by atoms with van der Waals surface area (Å²) in [5, 5.41) is 14.6. The quantitative estimate of drug-likeness (QED) is 0.831. The minimum Gasteiger partial charge on any atom is -0.480 e. The second-order valence-corrected chi connectivity index (χ2v) is 4.05. The molecule has 0 atom stereocenters. The van der Waals surface area contributed by atoms with Crippen LogP contribution in [0.25, 0.3) is 0 Å². The second kappa shape index (κ2) is 6.26. The fraction of sp³-hybridized carbons (Fsp3) is 0.500. The monoisotopic (exact) mass is 294 g/mol. The fourth-order valence-electron chi connectivity index (χ4n) is 1.43. The van der Waals surface area contributed by atoms with Crippen LogP contribution in [0, 0.1) is 0 Å². The molecule has 112 valence electrons. The summed E-state index contributed by atoms with van der Waals surface area (Å²) in [4.78, 5) is 22.2. The molecule has 0 aliphatic heterocycles. The number of urea groups is 1. The Hall–Kier alpha value is -2.26. The number of aryl methyl sites for hydroxylation is 1. The lowest BCUT2D eigenvalue weighted by molar-refractivity contribution is -0.148. The largest absolute Gasteiger partial charge is 0.480 e. The standard InChI is InChI=1S/C10H13F3N4O3/c1-16-4-7(3-15-16)2-14-9(20)17(5-8(18)19)6-10(11,12)13/h3-4H,2,5-6H2,1H3,(H,14,20)(H,18,19). The van der Waals surface area contributed by atoms with E-state index in [9.17, 15) is 22.8 Å². The molecule has 1 aromatic heterocycles. The van der Waals surface area contributed by atoms with Gasteiger partial charge in [0.1, 0.15) is 13.1 Å². The number of carbonyl (C=O) groups is 2. The number of halogens is 3. The van der Waals surface area contributed by atoms with E-state index in [1.807, 2.05) is 0 Å². The minimum atomic E-state index is -4.67. The first-order chi connectivity index (χ1) is 9.17. The average molecular weight is 294 g/mol. The van der Waals surface area contributed by atoms with Crippen LogP contribution in [0.3, 0.4) is 0 Å². The molecule has 0 bridgehead atoms. The molecular formula is C10H13F3N4O3. The molecule has 0 fully saturated rings. The molecule has 7 nitrogen and oxygen atoms in total. The van der Waals surface area contributed by atoms with E-state index in [1.165, 1.54) is 10.9 Å². The first-order valence-electron chi connectivity index (χ1n) is 5.46. The van der Waals surface area contributed by atoms with Gasteiger partial charge >= 0.3 is 18.2 Å². The molecule has 0 saturated carbocycles. The van der Waals surface area contributed by atoms with Crippen molar-refractivity contribution in [2.45, 2.75) is 12.7 Å². The number of rotatable bonds is 5. The van der Waals surface area contributed by atoms with Gasteiger partial charge in [0.2, 0.25) is 0 Å². The van der Waals surface area contributed by atoms with Gasteiger partial charge in [-0.1, -0.05) is 0 Å². The fourth-order valence-corrected chi connectivity index (χ4v) is 1.43. The smallest absolute Gasteiger partial charge is 0.406 e.